The molecule has 1 unspecified atom stereocenters. The van der Waals surface area contributed by atoms with Crippen molar-refractivity contribution in [3.05, 3.63) is 101 Å². The van der Waals surface area contributed by atoms with Gasteiger partial charge in [-0.15, -0.1) is 11.3 Å². The van der Waals surface area contributed by atoms with Gasteiger partial charge in [-0.3, -0.25) is 9.59 Å². The summed E-state index contributed by atoms with van der Waals surface area (Å²) in [6, 6.07) is 23.1. The lowest BCUT2D eigenvalue weighted by molar-refractivity contribution is -0.122. The van der Waals surface area contributed by atoms with E-state index in [0.29, 0.717) is 22.7 Å². The molecule has 0 aliphatic carbocycles. The highest BCUT2D eigenvalue weighted by atomic mass is 32.2. The smallest absolute Gasteiger partial charge is 0.252 e. The molecule has 0 bridgehead atoms. The Morgan fingerprint density at radius 3 is 2.41 bits per heavy atom. The molecule has 1 fully saturated rings. The molecule has 10 heteroatoms. The standard InChI is InChI=1S/C29H23N3O5S2/c1-19-8-14-23(15-9-19)39(35,36)31(18-22-5-4-16-38-22)25-17-27(33)32(29(25)34)21-12-10-20(11-13-21)28-30-24-6-2-3-7-26(24)37-28/h2-16,25H,17-18H2,1H3. The van der Waals surface area contributed by atoms with Crippen LogP contribution in [0.1, 0.15) is 16.9 Å². The van der Waals surface area contributed by atoms with Gasteiger partial charge in [0, 0.05) is 17.0 Å². The van der Waals surface area contributed by atoms with E-state index in [1.807, 2.05) is 48.7 Å². The fourth-order valence-corrected chi connectivity index (χ4v) is 6.97. The van der Waals surface area contributed by atoms with Gasteiger partial charge < -0.3 is 4.42 Å². The Morgan fingerprint density at radius 1 is 0.974 bits per heavy atom. The van der Waals surface area contributed by atoms with Crippen LogP contribution in [0.3, 0.4) is 0 Å². The van der Waals surface area contributed by atoms with Gasteiger partial charge >= 0.3 is 0 Å². The number of oxazole rings is 1. The number of carbonyl (C=O) groups is 2. The number of nitrogens with zero attached hydrogens (tertiary/aromatic N) is 3. The number of anilines is 1. The van der Waals surface area contributed by atoms with E-state index < -0.39 is 27.9 Å². The van der Waals surface area contributed by atoms with Gasteiger partial charge in [-0.25, -0.2) is 18.3 Å². The lowest BCUT2D eigenvalue weighted by atomic mass is 10.2. The number of hydrogen-bond donors (Lipinski definition) is 0. The Kier molecular flexibility index (Phi) is 6.38. The van der Waals surface area contributed by atoms with Crippen molar-refractivity contribution in [3.8, 4) is 11.5 Å². The van der Waals surface area contributed by atoms with Crippen LogP contribution in [0.25, 0.3) is 22.6 Å². The van der Waals surface area contributed by atoms with E-state index in [1.54, 1.807) is 36.4 Å². The van der Waals surface area contributed by atoms with Gasteiger partial charge in [0.1, 0.15) is 11.6 Å². The van der Waals surface area contributed by atoms with Crippen LogP contribution in [0.4, 0.5) is 5.69 Å². The molecule has 0 N–H and O–H groups in total. The van der Waals surface area contributed by atoms with E-state index in [9.17, 15) is 18.0 Å². The number of imide groups is 1. The largest absolute Gasteiger partial charge is 0.436 e. The molecule has 0 saturated carbocycles. The minimum absolute atomic E-state index is 0.0118. The third-order valence-electron chi connectivity index (χ3n) is 6.66. The molecule has 1 atom stereocenters. The Labute approximate surface area is 229 Å². The SMILES string of the molecule is Cc1ccc(S(=O)(=O)N(Cc2cccs2)C2CC(=O)N(c3ccc(-c4nc5ccccc5o4)cc3)C2=O)cc1. The second-order valence-corrected chi connectivity index (χ2v) is 12.2. The first-order valence-corrected chi connectivity index (χ1v) is 14.6. The second kappa shape index (κ2) is 9.88. The molecule has 0 spiro atoms. The van der Waals surface area contributed by atoms with Crippen LogP contribution in [0.5, 0.6) is 0 Å². The molecule has 2 aromatic heterocycles. The van der Waals surface area contributed by atoms with Crippen LogP contribution in [0.15, 0.2) is 99.6 Å². The molecule has 8 nitrogen and oxygen atoms in total. The predicted octanol–water partition coefficient (Wildman–Crippen LogP) is 5.39. The summed E-state index contributed by atoms with van der Waals surface area (Å²) in [6.45, 7) is 1.86. The minimum Gasteiger partial charge on any atom is -0.436 e. The number of carbonyl (C=O) groups excluding carboxylic acids is 2. The van der Waals surface area contributed by atoms with Gasteiger partial charge in [-0.2, -0.15) is 4.31 Å². The zero-order valence-corrected chi connectivity index (χ0v) is 22.5. The summed E-state index contributed by atoms with van der Waals surface area (Å²) in [5.41, 5.74) is 3.34. The summed E-state index contributed by atoms with van der Waals surface area (Å²) >= 11 is 1.39. The quantitative estimate of drug-likeness (QED) is 0.249. The lowest BCUT2D eigenvalue weighted by Gasteiger charge is -2.26. The van der Waals surface area contributed by atoms with Crippen molar-refractivity contribution in [2.24, 2.45) is 0 Å². The third kappa shape index (κ3) is 4.67. The number of fused-ring (bicyclic) bond motifs is 1. The summed E-state index contributed by atoms with van der Waals surface area (Å²) in [4.78, 5) is 33.2. The Hall–Kier alpha value is -4.12. The molecular weight excluding hydrogens is 534 g/mol. The van der Waals surface area contributed by atoms with Gasteiger partial charge in [-0.05, 0) is 66.9 Å². The van der Waals surface area contributed by atoms with E-state index in [1.165, 1.54) is 23.5 Å². The number of benzene rings is 3. The van der Waals surface area contributed by atoms with Gasteiger partial charge in [-0.1, -0.05) is 35.9 Å². The predicted molar refractivity (Wildman–Crippen MR) is 149 cm³/mol. The van der Waals surface area contributed by atoms with Crippen molar-refractivity contribution in [2.45, 2.75) is 30.8 Å². The fraction of sp³-hybridized carbons (Fsp3) is 0.138. The lowest BCUT2D eigenvalue weighted by Crippen LogP contribution is -2.44. The molecule has 2 amide bonds. The Bertz CT molecular complexity index is 1740. The van der Waals surface area contributed by atoms with Gasteiger partial charge in [0.25, 0.3) is 5.91 Å². The number of aromatic nitrogens is 1. The van der Waals surface area contributed by atoms with E-state index in [2.05, 4.69) is 4.98 Å². The molecule has 0 radical (unpaired) electrons. The molecule has 1 aliphatic heterocycles. The maximum Gasteiger partial charge on any atom is 0.252 e. The number of amides is 2. The first-order valence-electron chi connectivity index (χ1n) is 12.2. The highest BCUT2D eigenvalue weighted by Crippen LogP contribution is 2.33. The molecule has 6 rings (SSSR count). The summed E-state index contributed by atoms with van der Waals surface area (Å²) in [7, 11) is -4.08. The van der Waals surface area contributed by atoms with Crippen LogP contribution in [0, 0.1) is 6.92 Å². The van der Waals surface area contributed by atoms with Gasteiger partial charge in [0.05, 0.1) is 17.0 Å². The van der Waals surface area contributed by atoms with Crippen LogP contribution in [-0.2, 0) is 26.2 Å². The van der Waals surface area contributed by atoms with E-state index in [4.69, 9.17) is 4.42 Å². The number of hydrogen-bond acceptors (Lipinski definition) is 7. The first kappa shape index (κ1) is 25.2. The molecule has 1 saturated heterocycles. The average Bonchev–Trinajstić information content (AvgIpc) is 3.67. The van der Waals surface area contributed by atoms with E-state index >= 15 is 0 Å². The summed E-state index contributed by atoms with van der Waals surface area (Å²) in [5.74, 6) is -0.622. The molecule has 3 heterocycles. The normalized spacial score (nSPS) is 16.1. The summed E-state index contributed by atoms with van der Waals surface area (Å²) in [6.07, 6.45) is -0.248. The number of rotatable bonds is 7. The number of thiophene rings is 1. The van der Waals surface area contributed by atoms with Crippen molar-refractivity contribution in [1.82, 2.24) is 9.29 Å². The van der Waals surface area contributed by atoms with Gasteiger partial charge in [0.2, 0.25) is 21.8 Å². The summed E-state index contributed by atoms with van der Waals surface area (Å²) in [5, 5.41) is 1.85. The molecule has 5 aromatic rings. The highest BCUT2D eigenvalue weighted by molar-refractivity contribution is 7.89. The van der Waals surface area contributed by atoms with Crippen molar-refractivity contribution in [1.29, 1.82) is 0 Å². The molecule has 39 heavy (non-hydrogen) atoms. The Balaban J connectivity index is 1.31. The van der Waals surface area contributed by atoms with Gasteiger partial charge in [0.15, 0.2) is 5.58 Å². The van der Waals surface area contributed by atoms with Crippen molar-refractivity contribution in [2.75, 3.05) is 4.90 Å². The van der Waals surface area contributed by atoms with Crippen LogP contribution in [-0.4, -0.2) is 35.6 Å². The van der Waals surface area contributed by atoms with E-state index in [-0.39, 0.29) is 17.9 Å². The maximum atomic E-state index is 13.8. The van der Waals surface area contributed by atoms with Crippen LogP contribution in [0.2, 0.25) is 0 Å². The maximum absolute atomic E-state index is 13.8. The number of para-hydroxylation sites is 2. The second-order valence-electron chi connectivity index (χ2n) is 9.26. The monoisotopic (exact) mass is 557 g/mol. The number of aryl methyl sites for hydroxylation is 1. The first-order chi connectivity index (χ1) is 18.8. The van der Waals surface area contributed by atoms with Crippen LogP contribution >= 0.6 is 11.3 Å². The molecule has 3 aromatic carbocycles. The molecule has 196 valence electrons. The van der Waals surface area contributed by atoms with Crippen molar-refractivity contribution in [3.63, 3.8) is 0 Å². The van der Waals surface area contributed by atoms with Crippen molar-refractivity contribution < 1.29 is 22.4 Å². The average molecular weight is 558 g/mol. The highest BCUT2D eigenvalue weighted by Gasteiger charge is 2.47. The Morgan fingerprint density at radius 2 is 1.72 bits per heavy atom. The topological polar surface area (TPSA) is 101 Å². The van der Waals surface area contributed by atoms with Crippen molar-refractivity contribution >= 4 is 50.0 Å². The zero-order valence-electron chi connectivity index (χ0n) is 20.9. The minimum atomic E-state index is -4.08. The van der Waals surface area contributed by atoms with E-state index in [0.717, 1.165) is 25.2 Å². The molecular formula is C29H23N3O5S2. The van der Waals surface area contributed by atoms with Crippen LogP contribution < -0.4 is 4.90 Å². The third-order valence-corrected chi connectivity index (χ3v) is 9.39. The fourth-order valence-electron chi connectivity index (χ4n) is 4.63. The molecule has 1 aliphatic rings. The zero-order chi connectivity index (χ0) is 27.1. The number of sulfonamides is 1. The summed E-state index contributed by atoms with van der Waals surface area (Å²) < 4.78 is 34.5.